The number of hydrogen-bond acceptors (Lipinski definition) is 6. The second-order valence-corrected chi connectivity index (χ2v) is 11.7. The van der Waals surface area contributed by atoms with Gasteiger partial charge in [-0.05, 0) is 85.2 Å². The Morgan fingerprint density at radius 2 is 1.50 bits per heavy atom. The molecular formula is C29H41N3O5S. The van der Waals surface area contributed by atoms with Crippen LogP contribution in [0.5, 0.6) is 5.75 Å². The molecule has 8 nitrogen and oxygen atoms in total. The summed E-state index contributed by atoms with van der Waals surface area (Å²) in [4.78, 5) is 42.0. The van der Waals surface area contributed by atoms with Gasteiger partial charge in [0, 0.05) is 17.0 Å². The van der Waals surface area contributed by atoms with Gasteiger partial charge in [0.1, 0.15) is 23.4 Å². The molecule has 3 amide bonds. The molecule has 2 rings (SSSR count). The number of ether oxygens (including phenoxy) is 2. The van der Waals surface area contributed by atoms with Crippen molar-refractivity contribution in [1.82, 2.24) is 10.2 Å². The molecular weight excluding hydrogens is 502 g/mol. The summed E-state index contributed by atoms with van der Waals surface area (Å²) in [6.07, 6.45) is -0.732. The van der Waals surface area contributed by atoms with Crippen molar-refractivity contribution in [3.63, 3.8) is 0 Å². The Morgan fingerprint density at radius 1 is 0.947 bits per heavy atom. The standard InChI is InChI=1S/C29H41N3O5S/c1-18-14-19(2)16-20(15-18)24(25(33)30-21-10-12-22(36-9)13-11-21)32(28(3,4)5)26(34)23(17-38)31-27(35)37-29(6,7)8/h10-16,23-24,38H,17H2,1-9H3,(H,30,33)(H,31,35). The first-order valence-corrected chi connectivity index (χ1v) is 13.2. The molecule has 2 aromatic carbocycles. The molecule has 2 aromatic rings. The predicted octanol–water partition coefficient (Wildman–Crippen LogP) is 5.44. The van der Waals surface area contributed by atoms with Crippen molar-refractivity contribution in [2.75, 3.05) is 18.2 Å². The Bertz CT molecular complexity index is 1120. The van der Waals surface area contributed by atoms with Crippen LogP contribution in [-0.4, -0.2) is 52.9 Å². The van der Waals surface area contributed by atoms with Crippen LogP contribution in [0.1, 0.15) is 64.3 Å². The summed E-state index contributed by atoms with van der Waals surface area (Å²) in [5.41, 5.74) is 1.60. The Morgan fingerprint density at radius 3 is 1.95 bits per heavy atom. The molecule has 0 saturated carbocycles. The van der Waals surface area contributed by atoms with Gasteiger partial charge in [-0.1, -0.05) is 29.3 Å². The zero-order valence-electron chi connectivity index (χ0n) is 23.8. The molecule has 208 valence electrons. The Balaban J connectivity index is 2.56. The van der Waals surface area contributed by atoms with Gasteiger partial charge < -0.3 is 25.0 Å². The summed E-state index contributed by atoms with van der Waals surface area (Å²) in [6, 6.07) is 10.7. The van der Waals surface area contributed by atoms with Crippen molar-refractivity contribution in [1.29, 1.82) is 0 Å². The fraction of sp³-hybridized carbons (Fsp3) is 0.483. The van der Waals surface area contributed by atoms with Crippen molar-refractivity contribution < 1.29 is 23.9 Å². The maximum atomic E-state index is 14.1. The van der Waals surface area contributed by atoms with Gasteiger partial charge in [0.2, 0.25) is 5.91 Å². The molecule has 0 heterocycles. The summed E-state index contributed by atoms with van der Waals surface area (Å²) in [5, 5.41) is 5.58. The molecule has 2 atom stereocenters. The summed E-state index contributed by atoms with van der Waals surface area (Å²) < 4.78 is 10.6. The van der Waals surface area contributed by atoms with E-state index in [1.807, 2.05) is 52.8 Å². The molecule has 0 aromatic heterocycles. The fourth-order valence-electron chi connectivity index (χ4n) is 4.12. The third-order valence-electron chi connectivity index (χ3n) is 5.56. The number of nitrogens with zero attached hydrogens (tertiary/aromatic N) is 1. The molecule has 38 heavy (non-hydrogen) atoms. The van der Waals surface area contributed by atoms with Gasteiger partial charge >= 0.3 is 6.09 Å². The van der Waals surface area contributed by atoms with Gasteiger partial charge in [-0.3, -0.25) is 9.59 Å². The summed E-state index contributed by atoms with van der Waals surface area (Å²) in [5.74, 6) is -0.166. The van der Waals surface area contributed by atoms with E-state index >= 15 is 0 Å². The lowest BCUT2D eigenvalue weighted by atomic mass is 9.93. The highest BCUT2D eigenvalue weighted by Crippen LogP contribution is 2.32. The number of rotatable bonds is 8. The molecule has 0 aliphatic heterocycles. The SMILES string of the molecule is COc1ccc(NC(=O)C(c2cc(C)cc(C)c2)N(C(=O)C(CS)NC(=O)OC(C)(C)C)C(C)(C)C)cc1. The van der Waals surface area contributed by atoms with E-state index in [0.717, 1.165) is 11.1 Å². The van der Waals surface area contributed by atoms with Gasteiger partial charge in [-0.15, -0.1) is 0 Å². The van der Waals surface area contributed by atoms with Crippen LogP contribution in [0, 0.1) is 13.8 Å². The van der Waals surface area contributed by atoms with Crippen LogP contribution in [-0.2, 0) is 14.3 Å². The number of nitrogens with one attached hydrogen (secondary N) is 2. The van der Waals surface area contributed by atoms with E-state index in [9.17, 15) is 14.4 Å². The monoisotopic (exact) mass is 543 g/mol. The smallest absolute Gasteiger partial charge is 0.408 e. The maximum absolute atomic E-state index is 14.1. The summed E-state index contributed by atoms with van der Waals surface area (Å²) in [7, 11) is 1.57. The normalized spacial score (nSPS) is 13.2. The van der Waals surface area contributed by atoms with Crippen molar-refractivity contribution in [3.8, 4) is 5.75 Å². The van der Waals surface area contributed by atoms with E-state index in [4.69, 9.17) is 9.47 Å². The summed E-state index contributed by atoms with van der Waals surface area (Å²) >= 11 is 4.34. The number of carbonyl (C=O) groups excluding carboxylic acids is 3. The largest absolute Gasteiger partial charge is 0.497 e. The molecule has 2 unspecified atom stereocenters. The van der Waals surface area contributed by atoms with Gasteiger partial charge in [0.05, 0.1) is 7.11 Å². The molecule has 0 radical (unpaired) electrons. The highest BCUT2D eigenvalue weighted by Gasteiger charge is 2.41. The molecule has 0 bridgehead atoms. The minimum absolute atomic E-state index is 0.0182. The number of aryl methyl sites for hydroxylation is 2. The minimum atomic E-state index is -1.02. The second-order valence-electron chi connectivity index (χ2n) is 11.3. The third-order valence-corrected chi connectivity index (χ3v) is 5.92. The third kappa shape index (κ3) is 8.68. The minimum Gasteiger partial charge on any atom is -0.497 e. The Hall–Kier alpha value is -3.20. The number of thiol groups is 1. The topological polar surface area (TPSA) is 97.0 Å². The number of hydrogen-bond donors (Lipinski definition) is 3. The predicted molar refractivity (Wildman–Crippen MR) is 154 cm³/mol. The highest BCUT2D eigenvalue weighted by molar-refractivity contribution is 7.80. The number of amides is 3. The van der Waals surface area contributed by atoms with Crippen LogP contribution < -0.4 is 15.4 Å². The zero-order valence-corrected chi connectivity index (χ0v) is 24.7. The van der Waals surface area contributed by atoms with Gasteiger partial charge in [0.15, 0.2) is 0 Å². The number of methoxy groups -OCH3 is 1. The molecule has 2 N–H and O–H groups in total. The number of anilines is 1. The van der Waals surface area contributed by atoms with E-state index in [2.05, 4.69) is 23.3 Å². The first-order valence-electron chi connectivity index (χ1n) is 12.5. The number of alkyl carbamates (subject to hydrolysis) is 1. The number of benzene rings is 2. The van der Waals surface area contributed by atoms with Gasteiger partial charge in [0.25, 0.3) is 5.91 Å². The lowest BCUT2D eigenvalue weighted by Crippen LogP contribution is -2.58. The Kier molecular flexibility index (Phi) is 10.3. The molecule has 0 aliphatic rings. The van der Waals surface area contributed by atoms with E-state index < -0.39 is 41.1 Å². The van der Waals surface area contributed by atoms with Crippen LogP contribution in [0.4, 0.5) is 10.5 Å². The highest BCUT2D eigenvalue weighted by atomic mass is 32.1. The average molecular weight is 544 g/mol. The molecule has 0 aliphatic carbocycles. The number of carbonyl (C=O) groups is 3. The fourth-order valence-corrected chi connectivity index (χ4v) is 4.37. The van der Waals surface area contributed by atoms with Crippen LogP contribution in [0.25, 0.3) is 0 Å². The second kappa shape index (κ2) is 12.6. The van der Waals surface area contributed by atoms with Gasteiger partial charge in [-0.2, -0.15) is 12.6 Å². The first kappa shape index (κ1) is 31.0. The van der Waals surface area contributed by atoms with Crippen molar-refractivity contribution >= 4 is 36.2 Å². The van der Waals surface area contributed by atoms with Crippen molar-refractivity contribution in [2.45, 2.75) is 78.6 Å². The van der Waals surface area contributed by atoms with Crippen LogP contribution in [0.2, 0.25) is 0 Å². The van der Waals surface area contributed by atoms with E-state index in [1.165, 1.54) is 4.90 Å². The van der Waals surface area contributed by atoms with E-state index in [-0.39, 0.29) is 5.75 Å². The zero-order chi connectivity index (χ0) is 28.8. The molecule has 0 saturated heterocycles. The van der Waals surface area contributed by atoms with Crippen LogP contribution in [0.15, 0.2) is 42.5 Å². The van der Waals surface area contributed by atoms with Crippen molar-refractivity contribution in [3.05, 3.63) is 59.2 Å². The lowest BCUT2D eigenvalue weighted by Gasteiger charge is -2.43. The molecule has 0 fully saturated rings. The van der Waals surface area contributed by atoms with E-state index in [1.54, 1.807) is 52.1 Å². The maximum Gasteiger partial charge on any atom is 0.408 e. The quantitative estimate of drug-likeness (QED) is 0.385. The van der Waals surface area contributed by atoms with Crippen LogP contribution in [0.3, 0.4) is 0 Å². The Labute approximate surface area is 231 Å². The van der Waals surface area contributed by atoms with Gasteiger partial charge in [-0.25, -0.2) is 4.79 Å². The summed E-state index contributed by atoms with van der Waals surface area (Å²) in [6.45, 7) is 14.7. The average Bonchev–Trinajstić information content (AvgIpc) is 2.78. The first-order chi connectivity index (χ1) is 17.6. The van der Waals surface area contributed by atoms with E-state index in [0.29, 0.717) is 17.0 Å². The molecule has 0 spiro atoms. The van der Waals surface area contributed by atoms with Crippen molar-refractivity contribution in [2.24, 2.45) is 0 Å². The molecule has 9 heteroatoms. The van der Waals surface area contributed by atoms with Crippen LogP contribution >= 0.6 is 12.6 Å². The lowest BCUT2D eigenvalue weighted by molar-refractivity contribution is -0.146.